The lowest BCUT2D eigenvalue weighted by atomic mass is 10.0. The van der Waals surface area contributed by atoms with E-state index in [0.29, 0.717) is 13.1 Å². The van der Waals surface area contributed by atoms with Gasteiger partial charge in [0.15, 0.2) is 11.5 Å². The van der Waals surface area contributed by atoms with Gasteiger partial charge in [0, 0.05) is 6.54 Å². The number of benzene rings is 2. The molecule has 0 bridgehead atoms. The minimum absolute atomic E-state index is 0.0377. The first kappa shape index (κ1) is 18.4. The highest BCUT2D eigenvalue weighted by atomic mass is 32.1. The van der Waals surface area contributed by atoms with Crippen molar-refractivity contribution in [2.24, 2.45) is 0 Å². The predicted molar refractivity (Wildman–Crippen MR) is 112 cm³/mol. The van der Waals surface area contributed by atoms with Gasteiger partial charge in [-0.3, -0.25) is 9.69 Å². The summed E-state index contributed by atoms with van der Waals surface area (Å²) >= 11 is 1.75. The second-order valence-electron chi connectivity index (χ2n) is 7.47. The lowest BCUT2D eigenvalue weighted by Gasteiger charge is -2.33. The third kappa shape index (κ3) is 3.93. The standard InChI is InChI=1S/C22H23N3O3S/c26-21(23-12-15-8-9-18-19(11-15)28-14-27-18)13-25-10-4-3-6-17(25)22-24-16-5-1-2-7-20(16)29-22/h1-2,5,7-9,11,17H,3-4,6,10,12-14H2,(H,23,26). The number of piperidine rings is 1. The lowest BCUT2D eigenvalue weighted by Crippen LogP contribution is -2.41. The first-order valence-electron chi connectivity index (χ1n) is 10.0. The molecule has 1 atom stereocenters. The molecule has 0 saturated carbocycles. The molecule has 0 radical (unpaired) electrons. The van der Waals surface area contributed by atoms with Gasteiger partial charge in [-0.1, -0.05) is 24.6 Å². The number of fused-ring (bicyclic) bond motifs is 2. The van der Waals surface area contributed by atoms with Crippen molar-refractivity contribution >= 4 is 27.5 Å². The van der Waals surface area contributed by atoms with Crippen LogP contribution in [0.3, 0.4) is 0 Å². The molecule has 7 heteroatoms. The number of likely N-dealkylation sites (tertiary alicyclic amines) is 1. The fourth-order valence-electron chi connectivity index (χ4n) is 3.98. The number of rotatable bonds is 5. The summed E-state index contributed by atoms with van der Waals surface area (Å²) in [7, 11) is 0. The van der Waals surface area contributed by atoms with Gasteiger partial charge in [-0.15, -0.1) is 11.3 Å². The van der Waals surface area contributed by atoms with Crippen LogP contribution in [-0.4, -0.2) is 35.7 Å². The molecule has 2 aliphatic rings. The summed E-state index contributed by atoms with van der Waals surface area (Å²) in [5.74, 6) is 1.53. The Labute approximate surface area is 173 Å². The van der Waals surface area contributed by atoms with Crippen LogP contribution in [0.2, 0.25) is 0 Å². The van der Waals surface area contributed by atoms with Crippen molar-refractivity contribution < 1.29 is 14.3 Å². The number of nitrogens with zero attached hydrogens (tertiary/aromatic N) is 2. The third-order valence-corrected chi connectivity index (χ3v) is 6.62. The molecule has 2 aliphatic heterocycles. The monoisotopic (exact) mass is 409 g/mol. The van der Waals surface area contributed by atoms with Gasteiger partial charge in [0.25, 0.3) is 0 Å². The van der Waals surface area contributed by atoms with Gasteiger partial charge in [0.05, 0.1) is 22.8 Å². The molecular weight excluding hydrogens is 386 g/mol. The third-order valence-electron chi connectivity index (χ3n) is 5.48. The summed E-state index contributed by atoms with van der Waals surface area (Å²) < 4.78 is 11.9. The average molecular weight is 410 g/mol. The van der Waals surface area contributed by atoms with Crippen molar-refractivity contribution in [1.29, 1.82) is 0 Å². The fraction of sp³-hybridized carbons (Fsp3) is 0.364. The van der Waals surface area contributed by atoms with Gasteiger partial charge in [-0.25, -0.2) is 4.98 Å². The quantitative estimate of drug-likeness (QED) is 0.693. The van der Waals surface area contributed by atoms with Gasteiger partial charge >= 0.3 is 0 Å². The molecule has 0 spiro atoms. The summed E-state index contributed by atoms with van der Waals surface area (Å²) in [5, 5.41) is 4.16. The van der Waals surface area contributed by atoms with Crippen molar-refractivity contribution in [2.75, 3.05) is 19.9 Å². The number of para-hydroxylation sites is 1. The van der Waals surface area contributed by atoms with E-state index in [0.717, 1.165) is 47.0 Å². The number of thiazole rings is 1. The summed E-state index contributed by atoms with van der Waals surface area (Å²) in [6.07, 6.45) is 3.35. The van der Waals surface area contributed by atoms with Gasteiger partial charge in [-0.2, -0.15) is 0 Å². The maximum Gasteiger partial charge on any atom is 0.234 e. The van der Waals surface area contributed by atoms with E-state index in [9.17, 15) is 4.79 Å². The number of carbonyl (C=O) groups excluding carboxylic acids is 1. The van der Waals surface area contributed by atoms with Crippen molar-refractivity contribution in [3.8, 4) is 11.5 Å². The van der Waals surface area contributed by atoms with Crippen LogP contribution in [0, 0.1) is 0 Å². The molecular formula is C22H23N3O3S. The van der Waals surface area contributed by atoms with Crippen LogP contribution in [0.5, 0.6) is 11.5 Å². The van der Waals surface area contributed by atoms with Crippen LogP contribution in [0.25, 0.3) is 10.2 Å². The number of hydrogen-bond acceptors (Lipinski definition) is 6. The molecule has 29 heavy (non-hydrogen) atoms. The molecule has 2 aromatic carbocycles. The minimum Gasteiger partial charge on any atom is -0.454 e. The molecule has 150 valence electrons. The van der Waals surface area contributed by atoms with E-state index in [2.05, 4.69) is 22.3 Å². The Bertz CT molecular complexity index is 1000. The first-order valence-corrected chi connectivity index (χ1v) is 10.8. The van der Waals surface area contributed by atoms with Gasteiger partial charge < -0.3 is 14.8 Å². The lowest BCUT2D eigenvalue weighted by molar-refractivity contribution is -0.123. The molecule has 3 heterocycles. The Balaban J connectivity index is 1.23. The number of aromatic nitrogens is 1. The van der Waals surface area contributed by atoms with Crippen LogP contribution >= 0.6 is 11.3 Å². The SMILES string of the molecule is O=C(CN1CCCCC1c1nc2ccccc2s1)NCc1ccc2c(c1)OCO2. The molecule has 1 fully saturated rings. The summed E-state index contributed by atoms with van der Waals surface area (Å²) in [4.78, 5) is 19.8. The highest BCUT2D eigenvalue weighted by Gasteiger charge is 2.28. The number of hydrogen-bond donors (Lipinski definition) is 1. The van der Waals surface area contributed by atoms with E-state index >= 15 is 0 Å². The van der Waals surface area contributed by atoms with Crippen LogP contribution < -0.4 is 14.8 Å². The van der Waals surface area contributed by atoms with E-state index in [1.807, 2.05) is 30.3 Å². The summed E-state index contributed by atoms with van der Waals surface area (Å²) in [5.41, 5.74) is 2.05. The molecule has 1 saturated heterocycles. The minimum atomic E-state index is 0.0377. The molecule has 6 nitrogen and oxygen atoms in total. The van der Waals surface area contributed by atoms with Crippen molar-refractivity contribution in [1.82, 2.24) is 15.2 Å². The molecule has 0 aliphatic carbocycles. The second kappa shape index (κ2) is 8.00. The van der Waals surface area contributed by atoms with Gasteiger partial charge in [-0.05, 0) is 49.2 Å². The summed E-state index contributed by atoms with van der Waals surface area (Å²) in [6, 6.07) is 14.2. The zero-order chi connectivity index (χ0) is 19.6. The number of ether oxygens (including phenoxy) is 2. The topological polar surface area (TPSA) is 63.7 Å². The van der Waals surface area contributed by atoms with Crippen molar-refractivity contribution in [3.05, 3.63) is 53.0 Å². The molecule has 1 aromatic heterocycles. The van der Waals surface area contributed by atoms with E-state index in [4.69, 9.17) is 14.5 Å². The van der Waals surface area contributed by atoms with Crippen LogP contribution in [-0.2, 0) is 11.3 Å². The van der Waals surface area contributed by atoms with Gasteiger partial charge in [0.2, 0.25) is 12.7 Å². The van der Waals surface area contributed by atoms with Crippen molar-refractivity contribution in [2.45, 2.75) is 31.8 Å². The molecule has 1 unspecified atom stereocenters. The Morgan fingerprint density at radius 2 is 2.07 bits per heavy atom. The Morgan fingerprint density at radius 3 is 3.00 bits per heavy atom. The highest BCUT2D eigenvalue weighted by Crippen LogP contribution is 2.35. The maximum atomic E-state index is 12.6. The van der Waals surface area contributed by atoms with Crippen molar-refractivity contribution in [3.63, 3.8) is 0 Å². The highest BCUT2D eigenvalue weighted by molar-refractivity contribution is 7.18. The average Bonchev–Trinajstić information content (AvgIpc) is 3.39. The Kier molecular flexibility index (Phi) is 5.08. The zero-order valence-electron chi connectivity index (χ0n) is 16.1. The van der Waals surface area contributed by atoms with E-state index < -0.39 is 0 Å². The molecule has 1 N–H and O–H groups in total. The zero-order valence-corrected chi connectivity index (χ0v) is 16.9. The van der Waals surface area contributed by atoms with Gasteiger partial charge in [0.1, 0.15) is 5.01 Å². The number of nitrogens with one attached hydrogen (secondary N) is 1. The largest absolute Gasteiger partial charge is 0.454 e. The van der Waals surface area contributed by atoms with E-state index in [-0.39, 0.29) is 18.7 Å². The van der Waals surface area contributed by atoms with E-state index in [1.54, 1.807) is 11.3 Å². The molecule has 3 aromatic rings. The normalized spacial score (nSPS) is 18.8. The first-order chi connectivity index (χ1) is 14.3. The molecule has 1 amide bonds. The fourth-order valence-corrected chi connectivity index (χ4v) is 5.12. The Hall–Kier alpha value is -2.64. The van der Waals surface area contributed by atoms with Crippen LogP contribution in [0.4, 0.5) is 0 Å². The maximum absolute atomic E-state index is 12.6. The number of carbonyl (C=O) groups is 1. The summed E-state index contributed by atoms with van der Waals surface area (Å²) in [6.45, 7) is 2.06. The van der Waals surface area contributed by atoms with Crippen LogP contribution in [0.1, 0.15) is 35.9 Å². The predicted octanol–water partition coefficient (Wildman–Crippen LogP) is 3.87. The Morgan fingerprint density at radius 1 is 1.17 bits per heavy atom. The molecule has 5 rings (SSSR count). The van der Waals surface area contributed by atoms with Crippen LogP contribution in [0.15, 0.2) is 42.5 Å². The number of amides is 1. The second-order valence-corrected chi connectivity index (χ2v) is 8.53. The smallest absolute Gasteiger partial charge is 0.234 e. The van der Waals surface area contributed by atoms with E-state index in [1.165, 1.54) is 11.1 Å².